The fourth-order valence-electron chi connectivity index (χ4n) is 4.10. The fourth-order valence-corrected chi connectivity index (χ4v) is 4.10. The number of aromatic nitrogens is 4. The Morgan fingerprint density at radius 2 is 2.00 bits per heavy atom. The number of anilines is 1. The molecule has 9 nitrogen and oxygen atoms in total. The average Bonchev–Trinajstić information content (AvgIpc) is 2.96. The lowest BCUT2D eigenvalue weighted by atomic mass is 9.85. The van der Waals surface area contributed by atoms with Gasteiger partial charge in [-0.1, -0.05) is 20.8 Å². The van der Waals surface area contributed by atoms with Gasteiger partial charge in [-0.3, -0.25) is 0 Å². The maximum absolute atomic E-state index is 11.9. The summed E-state index contributed by atoms with van der Waals surface area (Å²) in [5.41, 5.74) is 1.07. The van der Waals surface area contributed by atoms with Gasteiger partial charge >= 0.3 is 6.09 Å². The molecule has 1 N–H and O–H groups in total. The monoisotopic (exact) mass is 410 g/mol. The highest BCUT2D eigenvalue weighted by Crippen LogP contribution is 2.34. The van der Waals surface area contributed by atoms with Crippen molar-refractivity contribution in [3.63, 3.8) is 0 Å². The minimum atomic E-state index is -0.879. The summed E-state index contributed by atoms with van der Waals surface area (Å²) in [6.07, 6.45) is 3.07. The molecule has 0 radical (unpaired) electrons. The summed E-state index contributed by atoms with van der Waals surface area (Å²) in [5.74, 6) is 1.27. The highest BCUT2D eigenvalue weighted by atomic mass is 16.5. The van der Waals surface area contributed by atoms with Crippen molar-refractivity contribution in [2.75, 3.05) is 31.6 Å². The smallest absolute Gasteiger partial charge is 0.407 e. The van der Waals surface area contributed by atoms with E-state index in [0.29, 0.717) is 31.2 Å². The predicted molar refractivity (Wildman–Crippen MR) is 114 cm³/mol. The van der Waals surface area contributed by atoms with Gasteiger partial charge in [-0.2, -0.15) is 4.98 Å². The molecule has 1 unspecified atom stereocenters. The molecule has 1 aliphatic heterocycles. The van der Waals surface area contributed by atoms with Gasteiger partial charge in [0.25, 0.3) is 0 Å². The molecule has 1 saturated heterocycles. The second-order valence-electron chi connectivity index (χ2n) is 8.60. The number of hydrogen-bond donors (Lipinski definition) is 1. The Kier molecular flexibility index (Phi) is 5.05. The molecule has 3 aromatic heterocycles. The first-order valence-electron chi connectivity index (χ1n) is 9.98. The van der Waals surface area contributed by atoms with Gasteiger partial charge in [0, 0.05) is 31.1 Å². The largest absolute Gasteiger partial charge is 0.481 e. The normalized spacial score (nSPS) is 17.9. The summed E-state index contributed by atoms with van der Waals surface area (Å²) in [6.45, 7) is 7.98. The molecule has 3 aromatic rings. The highest BCUT2D eigenvalue weighted by Gasteiger charge is 2.37. The van der Waals surface area contributed by atoms with Gasteiger partial charge in [0.05, 0.1) is 30.3 Å². The van der Waals surface area contributed by atoms with Crippen LogP contribution in [-0.4, -0.2) is 68.8 Å². The van der Waals surface area contributed by atoms with E-state index in [0.717, 1.165) is 28.5 Å². The zero-order valence-corrected chi connectivity index (χ0v) is 17.7. The lowest BCUT2D eigenvalue weighted by Gasteiger charge is -2.39. The van der Waals surface area contributed by atoms with Gasteiger partial charge < -0.3 is 19.6 Å². The molecule has 0 aliphatic carbocycles. The van der Waals surface area contributed by atoms with Gasteiger partial charge in [0.2, 0.25) is 5.88 Å². The van der Waals surface area contributed by atoms with Crippen LogP contribution in [0.4, 0.5) is 10.6 Å². The Hall–Kier alpha value is -3.23. The van der Waals surface area contributed by atoms with Gasteiger partial charge in [-0.05, 0) is 17.9 Å². The predicted octanol–water partition coefficient (Wildman–Crippen LogP) is 3.19. The number of carboxylic acid groups (broad SMARTS) is 1. The summed E-state index contributed by atoms with van der Waals surface area (Å²) in [7, 11) is 1.57. The first-order valence-corrected chi connectivity index (χ1v) is 9.98. The molecular weight excluding hydrogens is 384 g/mol. The van der Waals surface area contributed by atoms with Crippen molar-refractivity contribution in [2.24, 2.45) is 5.41 Å². The van der Waals surface area contributed by atoms with Gasteiger partial charge in [0.1, 0.15) is 12.1 Å². The molecule has 4 rings (SSSR count). The lowest BCUT2D eigenvalue weighted by Crippen LogP contribution is -2.51. The molecule has 4 heterocycles. The van der Waals surface area contributed by atoms with Crippen molar-refractivity contribution >= 4 is 33.8 Å². The van der Waals surface area contributed by atoms with Crippen LogP contribution in [0.25, 0.3) is 21.9 Å². The number of nitrogens with zero attached hydrogens (tertiary/aromatic N) is 6. The third-order valence-corrected chi connectivity index (χ3v) is 5.64. The highest BCUT2D eigenvalue weighted by molar-refractivity contribution is 6.08. The Morgan fingerprint density at radius 1 is 1.20 bits per heavy atom. The number of fused-ring (bicyclic) bond motifs is 3. The topological polar surface area (TPSA) is 105 Å². The van der Waals surface area contributed by atoms with Crippen molar-refractivity contribution in [2.45, 2.75) is 33.2 Å². The van der Waals surface area contributed by atoms with E-state index in [1.165, 1.54) is 6.33 Å². The Labute approximate surface area is 174 Å². The second-order valence-corrected chi connectivity index (χ2v) is 8.60. The first kappa shape index (κ1) is 20.1. The number of carbonyl (C=O) groups is 1. The van der Waals surface area contributed by atoms with Gasteiger partial charge in [0.15, 0.2) is 5.65 Å². The van der Waals surface area contributed by atoms with Crippen LogP contribution in [0.15, 0.2) is 24.7 Å². The SMILES string of the molecule is COc1ccc2c(ncc3ncnc(N4CCCN(C(=O)O)C(C(C)(C)C)C4)c32)n1. The minimum Gasteiger partial charge on any atom is -0.481 e. The zero-order valence-electron chi connectivity index (χ0n) is 17.7. The molecule has 1 atom stereocenters. The lowest BCUT2D eigenvalue weighted by molar-refractivity contribution is 0.0902. The van der Waals surface area contributed by atoms with Crippen molar-refractivity contribution in [1.29, 1.82) is 0 Å². The summed E-state index contributed by atoms with van der Waals surface area (Å²) in [4.78, 5) is 33.5. The van der Waals surface area contributed by atoms with E-state index in [9.17, 15) is 9.90 Å². The third kappa shape index (κ3) is 3.55. The molecule has 0 aromatic carbocycles. The number of rotatable bonds is 2. The molecule has 1 amide bonds. The summed E-state index contributed by atoms with van der Waals surface area (Å²) in [6, 6.07) is 3.55. The molecule has 1 fully saturated rings. The average molecular weight is 410 g/mol. The molecule has 0 bridgehead atoms. The van der Waals surface area contributed by atoms with Crippen molar-refractivity contribution in [3.05, 3.63) is 24.7 Å². The standard InChI is InChI=1S/C21H26N6O3/c1-21(2,3)15-11-26(8-5-9-27(15)20(28)29)19-17-13-6-7-16(30-4)25-18(13)22-10-14(17)23-12-24-19/h6-7,10,12,15H,5,8-9,11H2,1-4H3,(H,28,29). The molecule has 1 aliphatic rings. The van der Waals surface area contributed by atoms with Crippen LogP contribution < -0.4 is 9.64 Å². The van der Waals surface area contributed by atoms with Gasteiger partial charge in [-0.15, -0.1) is 0 Å². The maximum atomic E-state index is 11.9. The molecule has 0 saturated carbocycles. The van der Waals surface area contributed by atoms with Crippen LogP contribution in [-0.2, 0) is 0 Å². The van der Waals surface area contributed by atoms with Crippen LogP contribution >= 0.6 is 0 Å². The number of methoxy groups -OCH3 is 1. The Morgan fingerprint density at radius 3 is 2.70 bits per heavy atom. The molecular formula is C21H26N6O3. The number of hydrogen-bond acceptors (Lipinski definition) is 7. The van der Waals surface area contributed by atoms with Crippen molar-refractivity contribution in [1.82, 2.24) is 24.8 Å². The van der Waals surface area contributed by atoms with E-state index < -0.39 is 6.09 Å². The van der Waals surface area contributed by atoms with E-state index in [1.54, 1.807) is 24.3 Å². The van der Waals surface area contributed by atoms with E-state index >= 15 is 0 Å². The Balaban J connectivity index is 1.85. The van der Waals surface area contributed by atoms with E-state index in [-0.39, 0.29) is 11.5 Å². The number of pyridine rings is 2. The zero-order chi connectivity index (χ0) is 21.5. The number of ether oxygens (including phenoxy) is 1. The summed E-state index contributed by atoms with van der Waals surface area (Å²) in [5, 5.41) is 11.5. The maximum Gasteiger partial charge on any atom is 0.407 e. The van der Waals surface area contributed by atoms with Crippen LogP contribution in [0.5, 0.6) is 5.88 Å². The van der Waals surface area contributed by atoms with Crippen LogP contribution in [0.2, 0.25) is 0 Å². The molecule has 9 heteroatoms. The fraction of sp³-hybridized carbons (Fsp3) is 0.476. The summed E-state index contributed by atoms with van der Waals surface area (Å²) < 4.78 is 5.23. The van der Waals surface area contributed by atoms with Crippen LogP contribution in [0, 0.1) is 5.41 Å². The summed E-state index contributed by atoms with van der Waals surface area (Å²) >= 11 is 0. The minimum absolute atomic E-state index is 0.172. The molecule has 30 heavy (non-hydrogen) atoms. The van der Waals surface area contributed by atoms with Crippen molar-refractivity contribution in [3.8, 4) is 5.88 Å². The third-order valence-electron chi connectivity index (χ3n) is 5.64. The van der Waals surface area contributed by atoms with E-state index in [1.807, 2.05) is 6.07 Å². The van der Waals surface area contributed by atoms with E-state index in [2.05, 4.69) is 45.6 Å². The Bertz CT molecular complexity index is 1100. The molecule has 0 spiro atoms. The number of amides is 1. The first-order chi connectivity index (χ1) is 14.3. The second kappa shape index (κ2) is 7.55. The van der Waals surface area contributed by atoms with Crippen molar-refractivity contribution < 1.29 is 14.6 Å². The van der Waals surface area contributed by atoms with Crippen LogP contribution in [0.3, 0.4) is 0 Å². The van der Waals surface area contributed by atoms with Gasteiger partial charge in [-0.25, -0.2) is 19.7 Å². The quantitative estimate of drug-likeness (QED) is 0.642. The van der Waals surface area contributed by atoms with Crippen LogP contribution in [0.1, 0.15) is 27.2 Å². The molecule has 158 valence electrons. The van der Waals surface area contributed by atoms with E-state index in [4.69, 9.17) is 4.74 Å².